The average Bonchev–Trinajstić information content (AvgIpc) is 2.46. The summed E-state index contributed by atoms with van der Waals surface area (Å²) in [5, 5.41) is 8.18. The number of ketones is 2. The molecule has 2 rings (SSSR count). The van der Waals surface area contributed by atoms with E-state index in [1.165, 1.54) is 6.92 Å². The number of carbonyl (C=O) groups is 2. The molecule has 20 heavy (non-hydrogen) atoms. The van der Waals surface area contributed by atoms with Crippen molar-refractivity contribution >= 4 is 22.9 Å². The van der Waals surface area contributed by atoms with Gasteiger partial charge in [0.1, 0.15) is 5.78 Å². The van der Waals surface area contributed by atoms with E-state index in [0.717, 1.165) is 0 Å². The quantitative estimate of drug-likeness (QED) is 0.461. The third kappa shape index (κ3) is 3.68. The molecule has 0 aromatic heterocycles. The Kier molecular flexibility index (Phi) is 4.50. The fourth-order valence-corrected chi connectivity index (χ4v) is 1.72. The van der Waals surface area contributed by atoms with Gasteiger partial charge in [-0.3, -0.25) is 9.59 Å². The second kappa shape index (κ2) is 6.52. The molecular weight excluding hydrogens is 252 g/mol. The number of rotatable bonds is 5. The first-order chi connectivity index (χ1) is 9.66. The van der Waals surface area contributed by atoms with Crippen LogP contribution >= 0.6 is 0 Å². The topological polar surface area (TPSA) is 58.9 Å². The first-order valence-electron chi connectivity index (χ1n) is 6.25. The highest BCUT2D eigenvalue weighted by Gasteiger charge is 2.12. The summed E-state index contributed by atoms with van der Waals surface area (Å²) in [6.45, 7) is 1.39. The Hall–Kier alpha value is -2.62. The van der Waals surface area contributed by atoms with Gasteiger partial charge >= 0.3 is 0 Å². The molecular formula is C16H14N2O2. The lowest BCUT2D eigenvalue weighted by Crippen LogP contribution is -2.04. The molecule has 0 amide bonds. The van der Waals surface area contributed by atoms with Crippen molar-refractivity contribution in [1.29, 1.82) is 0 Å². The predicted molar refractivity (Wildman–Crippen MR) is 76.7 cm³/mol. The summed E-state index contributed by atoms with van der Waals surface area (Å²) >= 11 is 0. The van der Waals surface area contributed by atoms with E-state index < -0.39 is 0 Å². The molecule has 0 N–H and O–H groups in total. The molecule has 0 saturated heterocycles. The third-order valence-electron chi connectivity index (χ3n) is 2.64. The fourth-order valence-electron chi connectivity index (χ4n) is 1.72. The predicted octanol–water partition coefficient (Wildman–Crippen LogP) is 4.26. The number of nitrogens with zero attached hydrogens (tertiary/aromatic N) is 2. The molecule has 0 atom stereocenters. The Balaban J connectivity index is 2.26. The zero-order valence-corrected chi connectivity index (χ0v) is 11.1. The zero-order valence-electron chi connectivity index (χ0n) is 11.1. The van der Waals surface area contributed by atoms with Crippen LogP contribution in [0.15, 0.2) is 64.8 Å². The van der Waals surface area contributed by atoms with E-state index in [1.54, 1.807) is 24.3 Å². The summed E-state index contributed by atoms with van der Waals surface area (Å²) in [4.78, 5) is 23.0. The summed E-state index contributed by atoms with van der Waals surface area (Å²) in [7, 11) is 0. The van der Waals surface area contributed by atoms with E-state index in [-0.39, 0.29) is 18.0 Å². The van der Waals surface area contributed by atoms with Crippen molar-refractivity contribution in [2.24, 2.45) is 10.2 Å². The van der Waals surface area contributed by atoms with Gasteiger partial charge in [-0.25, -0.2) is 0 Å². The van der Waals surface area contributed by atoms with Crippen molar-refractivity contribution < 1.29 is 9.59 Å². The van der Waals surface area contributed by atoms with Gasteiger partial charge in [0, 0.05) is 5.56 Å². The van der Waals surface area contributed by atoms with E-state index in [2.05, 4.69) is 10.2 Å². The molecule has 0 spiro atoms. The van der Waals surface area contributed by atoms with E-state index >= 15 is 0 Å². The Morgan fingerprint density at radius 3 is 2.25 bits per heavy atom. The van der Waals surface area contributed by atoms with Crippen LogP contribution in [0, 0.1) is 0 Å². The molecule has 4 heteroatoms. The first kappa shape index (κ1) is 13.8. The SMILES string of the molecule is CC(=O)CC(=O)c1ccccc1N=Nc1ccccc1. The van der Waals surface area contributed by atoms with Crippen LogP contribution in [0.2, 0.25) is 0 Å². The maximum atomic E-state index is 12.0. The van der Waals surface area contributed by atoms with E-state index in [9.17, 15) is 9.59 Å². The molecule has 2 aromatic rings. The molecule has 0 aliphatic rings. The summed E-state index contributed by atoms with van der Waals surface area (Å²) in [5.41, 5.74) is 1.60. The smallest absolute Gasteiger partial charge is 0.172 e. The lowest BCUT2D eigenvalue weighted by molar-refractivity contribution is -0.116. The maximum Gasteiger partial charge on any atom is 0.172 e. The summed E-state index contributed by atoms with van der Waals surface area (Å²) in [6.07, 6.45) is -0.113. The van der Waals surface area contributed by atoms with Crippen LogP contribution < -0.4 is 0 Å². The highest BCUT2D eigenvalue weighted by molar-refractivity contribution is 6.09. The first-order valence-corrected chi connectivity index (χ1v) is 6.25. The number of hydrogen-bond donors (Lipinski definition) is 0. The van der Waals surface area contributed by atoms with Crippen molar-refractivity contribution in [2.75, 3.05) is 0 Å². The van der Waals surface area contributed by atoms with Gasteiger partial charge in [0.05, 0.1) is 17.8 Å². The Morgan fingerprint density at radius 2 is 1.55 bits per heavy atom. The van der Waals surface area contributed by atoms with Gasteiger partial charge in [0.25, 0.3) is 0 Å². The molecule has 0 saturated carbocycles. The van der Waals surface area contributed by atoms with Crippen LogP contribution in [-0.4, -0.2) is 11.6 Å². The average molecular weight is 266 g/mol. The normalized spacial score (nSPS) is 10.7. The van der Waals surface area contributed by atoms with Crippen molar-refractivity contribution in [3.63, 3.8) is 0 Å². The van der Waals surface area contributed by atoms with Crippen LogP contribution in [0.3, 0.4) is 0 Å². The van der Waals surface area contributed by atoms with Crippen LogP contribution in [-0.2, 0) is 4.79 Å². The lowest BCUT2D eigenvalue weighted by Gasteiger charge is -2.02. The molecule has 100 valence electrons. The minimum absolute atomic E-state index is 0.113. The molecule has 0 heterocycles. The third-order valence-corrected chi connectivity index (χ3v) is 2.64. The van der Waals surface area contributed by atoms with E-state index in [4.69, 9.17) is 0 Å². The standard InChI is InChI=1S/C16H14N2O2/c1-12(19)11-16(20)14-9-5-6-10-15(14)18-17-13-7-3-2-4-8-13/h2-10H,11H2,1H3. The minimum Gasteiger partial charge on any atom is -0.300 e. The Morgan fingerprint density at radius 1 is 0.900 bits per heavy atom. The minimum atomic E-state index is -0.236. The Bertz CT molecular complexity index is 649. The van der Waals surface area contributed by atoms with Gasteiger partial charge in [-0.2, -0.15) is 5.11 Å². The van der Waals surface area contributed by atoms with Gasteiger partial charge < -0.3 is 0 Å². The van der Waals surface area contributed by atoms with Gasteiger partial charge in [-0.1, -0.05) is 30.3 Å². The van der Waals surface area contributed by atoms with Gasteiger partial charge in [0.15, 0.2) is 5.78 Å². The lowest BCUT2D eigenvalue weighted by atomic mass is 10.0. The molecule has 0 fully saturated rings. The monoisotopic (exact) mass is 266 g/mol. The van der Waals surface area contributed by atoms with E-state index in [0.29, 0.717) is 16.9 Å². The van der Waals surface area contributed by atoms with Crippen molar-refractivity contribution in [2.45, 2.75) is 13.3 Å². The molecule has 2 aromatic carbocycles. The van der Waals surface area contributed by atoms with Crippen molar-refractivity contribution in [3.8, 4) is 0 Å². The highest BCUT2D eigenvalue weighted by Crippen LogP contribution is 2.23. The van der Waals surface area contributed by atoms with Crippen LogP contribution in [0.4, 0.5) is 11.4 Å². The molecule has 0 aliphatic carbocycles. The molecule has 4 nitrogen and oxygen atoms in total. The number of benzene rings is 2. The van der Waals surface area contributed by atoms with Gasteiger partial charge in [0.2, 0.25) is 0 Å². The molecule has 0 radical (unpaired) electrons. The van der Waals surface area contributed by atoms with Crippen molar-refractivity contribution in [3.05, 3.63) is 60.2 Å². The second-order valence-corrected chi connectivity index (χ2v) is 4.35. The summed E-state index contributed by atoms with van der Waals surface area (Å²) < 4.78 is 0. The number of carbonyl (C=O) groups excluding carboxylic acids is 2. The van der Waals surface area contributed by atoms with Crippen molar-refractivity contribution in [1.82, 2.24) is 0 Å². The van der Waals surface area contributed by atoms with Crippen LogP contribution in [0.5, 0.6) is 0 Å². The van der Waals surface area contributed by atoms with Crippen LogP contribution in [0.1, 0.15) is 23.7 Å². The Labute approximate surface area is 117 Å². The highest BCUT2D eigenvalue weighted by atomic mass is 16.1. The molecule has 0 bridgehead atoms. The number of azo groups is 1. The fraction of sp³-hybridized carbons (Fsp3) is 0.125. The second-order valence-electron chi connectivity index (χ2n) is 4.35. The van der Waals surface area contributed by atoms with E-state index in [1.807, 2.05) is 30.3 Å². The van der Waals surface area contributed by atoms with Crippen LogP contribution in [0.25, 0.3) is 0 Å². The largest absolute Gasteiger partial charge is 0.300 e. The molecule has 0 unspecified atom stereocenters. The summed E-state index contributed by atoms with van der Waals surface area (Å²) in [5.74, 6) is -0.398. The van der Waals surface area contributed by atoms with Gasteiger partial charge in [-0.15, -0.1) is 5.11 Å². The molecule has 0 aliphatic heterocycles. The summed E-state index contributed by atoms with van der Waals surface area (Å²) in [6, 6.07) is 16.2. The zero-order chi connectivity index (χ0) is 14.4. The van der Waals surface area contributed by atoms with Gasteiger partial charge in [-0.05, 0) is 31.2 Å². The number of hydrogen-bond acceptors (Lipinski definition) is 4. The maximum absolute atomic E-state index is 12.0. The number of Topliss-reactive ketones (excluding diaryl/α,β-unsaturated/α-hetero) is 2.